The smallest absolute Gasteiger partial charge is 0.270 e. The molecule has 3 aromatic rings. The van der Waals surface area contributed by atoms with E-state index in [-0.39, 0.29) is 23.8 Å². The van der Waals surface area contributed by atoms with Crippen molar-refractivity contribution in [1.82, 2.24) is 24.9 Å². The number of aromatic nitrogens is 4. The molecule has 8 heteroatoms. The summed E-state index contributed by atoms with van der Waals surface area (Å²) in [6.45, 7) is 9.27. The maximum absolute atomic E-state index is 13.2. The number of amides is 1. The van der Waals surface area contributed by atoms with Crippen LogP contribution < -0.4 is 14.8 Å². The van der Waals surface area contributed by atoms with Crippen molar-refractivity contribution in [3.8, 4) is 11.5 Å². The molecule has 1 amide bonds. The molecule has 29 heavy (non-hydrogen) atoms. The first-order valence-electron chi connectivity index (χ1n) is 9.85. The Balaban J connectivity index is 1.67. The molecule has 1 aliphatic heterocycles. The molecule has 0 saturated carbocycles. The predicted molar refractivity (Wildman–Crippen MR) is 107 cm³/mol. The predicted octanol–water partition coefficient (Wildman–Crippen LogP) is 3.15. The zero-order chi connectivity index (χ0) is 20.5. The standard InChI is InChI=1S/C21H25N5O3/c1-12(2)15-10-16(26-21(24-15)22-11-23-26)20(27)25-19(13(3)4)14-5-6-17-18(9-14)29-8-7-28-17/h5-6,9-13,19H,7-8H2,1-4H3,(H,25,27)/t19-/m1/s1. The molecule has 0 saturated heterocycles. The Kier molecular flexibility index (Phi) is 5.08. The Morgan fingerprint density at radius 3 is 2.59 bits per heavy atom. The van der Waals surface area contributed by atoms with Crippen molar-refractivity contribution in [1.29, 1.82) is 0 Å². The van der Waals surface area contributed by atoms with E-state index in [1.807, 2.05) is 32.0 Å². The fraction of sp³-hybridized carbons (Fsp3) is 0.429. The van der Waals surface area contributed by atoms with Crippen LogP contribution in [0.4, 0.5) is 0 Å². The minimum atomic E-state index is -0.224. The summed E-state index contributed by atoms with van der Waals surface area (Å²) in [5.74, 6) is 1.97. The number of hydrogen-bond donors (Lipinski definition) is 1. The van der Waals surface area contributed by atoms with E-state index in [4.69, 9.17) is 9.47 Å². The van der Waals surface area contributed by atoms with Crippen LogP contribution in [0.3, 0.4) is 0 Å². The second-order valence-electron chi connectivity index (χ2n) is 7.79. The van der Waals surface area contributed by atoms with Gasteiger partial charge in [-0.3, -0.25) is 4.79 Å². The molecule has 3 heterocycles. The molecule has 152 valence electrons. The number of nitrogens with one attached hydrogen (secondary N) is 1. The van der Waals surface area contributed by atoms with E-state index < -0.39 is 0 Å². The number of rotatable bonds is 5. The molecule has 0 radical (unpaired) electrons. The van der Waals surface area contributed by atoms with Gasteiger partial charge in [-0.25, -0.2) is 4.98 Å². The summed E-state index contributed by atoms with van der Waals surface area (Å²) in [6, 6.07) is 7.38. The van der Waals surface area contributed by atoms with Crippen LogP contribution in [-0.4, -0.2) is 38.7 Å². The molecule has 1 atom stereocenters. The van der Waals surface area contributed by atoms with Gasteiger partial charge in [0.1, 0.15) is 25.2 Å². The van der Waals surface area contributed by atoms with Crippen LogP contribution in [0.25, 0.3) is 5.78 Å². The Bertz CT molecular complexity index is 1040. The number of hydrogen-bond acceptors (Lipinski definition) is 6. The SMILES string of the molecule is CC(C)c1cc(C(=O)N[C@@H](c2ccc3c(c2)OCCO3)C(C)C)n2ncnc2n1. The molecule has 8 nitrogen and oxygen atoms in total. The van der Waals surface area contributed by atoms with Crippen molar-refractivity contribution in [2.45, 2.75) is 39.7 Å². The molecule has 4 rings (SSSR count). The van der Waals surface area contributed by atoms with E-state index in [1.165, 1.54) is 10.8 Å². The van der Waals surface area contributed by atoms with Crippen molar-refractivity contribution >= 4 is 11.7 Å². The third-order valence-electron chi connectivity index (χ3n) is 4.97. The first kappa shape index (κ1) is 19.2. The van der Waals surface area contributed by atoms with E-state index in [1.54, 1.807) is 6.07 Å². The van der Waals surface area contributed by atoms with Crippen LogP contribution in [0.5, 0.6) is 11.5 Å². The van der Waals surface area contributed by atoms with Gasteiger partial charge in [-0.2, -0.15) is 14.6 Å². The summed E-state index contributed by atoms with van der Waals surface area (Å²) >= 11 is 0. The zero-order valence-corrected chi connectivity index (χ0v) is 17.0. The van der Waals surface area contributed by atoms with Crippen LogP contribution in [0.2, 0.25) is 0 Å². The van der Waals surface area contributed by atoms with Crippen LogP contribution in [-0.2, 0) is 0 Å². The highest BCUT2D eigenvalue weighted by Crippen LogP contribution is 2.34. The summed E-state index contributed by atoms with van der Waals surface area (Å²) in [7, 11) is 0. The second kappa shape index (κ2) is 7.69. The average Bonchev–Trinajstić information content (AvgIpc) is 3.19. The monoisotopic (exact) mass is 395 g/mol. The first-order chi connectivity index (χ1) is 13.9. The minimum Gasteiger partial charge on any atom is -0.486 e. The molecule has 0 aliphatic carbocycles. The normalized spacial score (nSPS) is 14.4. The number of fused-ring (bicyclic) bond motifs is 2. The molecule has 1 aromatic carbocycles. The Morgan fingerprint density at radius 1 is 1.10 bits per heavy atom. The van der Waals surface area contributed by atoms with E-state index in [9.17, 15) is 4.79 Å². The van der Waals surface area contributed by atoms with Crippen LogP contribution in [0.15, 0.2) is 30.6 Å². The van der Waals surface area contributed by atoms with Gasteiger partial charge in [0.25, 0.3) is 11.7 Å². The molecule has 2 aromatic heterocycles. The van der Waals surface area contributed by atoms with Gasteiger partial charge < -0.3 is 14.8 Å². The van der Waals surface area contributed by atoms with Crippen molar-refractivity contribution in [3.05, 3.63) is 47.5 Å². The highest BCUT2D eigenvalue weighted by atomic mass is 16.6. The highest BCUT2D eigenvalue weighted by Gasteiger charge is 2.24. The van der Waals surface area contributed by atoms with Crippen molar-refractivity contribution in [2.75, 3.05) is 13.2 Å². The quantitative estimate of drug-likeness (QED) is 0.714. The molecule has 0 unspecified atom stereocenters. The van der Waals surface area contributed by atoms with Crippen molar-refractivity contribution in [2.24, 2.45) is 5.92 Å². The Hall–Kier alpha value is -3.16. The molecule has 0 fully saturated rings. The lowest BCUT2D eigenvalue weighted by atomic mass is 9.95. The van der Waals surface area contributed by atoms with Gasteiger partial charge in [-0.05, 0) is 35.6 Å². The second-order valence-corrected chi connectivity index (χ2v) is 7.79. The van der Waals surface area contributed by atoms with Gasteiger partial charge in [0.2, 0.25) is 0 Å². The van der Waals surface area contributed by atoms with Crippen LogP contribution >= 0.6 is 0 Å². The Morgan fingerprint density at radius 2 is 1.86 bits per heavy atom. The van der Waals surface area contributed by atoms with Crippen molar-refractivity contribution < 1.29 is 14.3 Å². The summed E-state index contributed by atoms with van der Waals surface area (Å²) < 4.78 is 12.8. The lowest BCUT2D eigenvalue weighted by Crippen LogP contribution is -2.33. The van der Waals surface area contributed by atoms with Crippen LogP contribution in [0.1, 0.15) is 61.4 Å². The first-order valence-corrected chi connectivity index (χ1v) is 9.85. The number of carbonyl (C=O) groups excluding carboxylic acids is 1. The average molecular weight is 395 g/mol. The van der Waals surface area contributed by atoms with Crippen LogP contribution in [0, 0.1) is 5.92 Å². The van der Waals surface area contributed by atoms with Gasteiger partial charge in [-0.15, -0.1) is 0 Å². The van der Waals surface area contributed by atoms with Gasteiger partial charge in [0.15, 0.2) is 11.5 Å². The van der Waals surface area contributed by atoms with E-state index in [0.29, 0.717) is 30.4 Å². The molecule has 0 spiro atoms. The van der Waals surface area contributed by atoms with Gasteiger partial charge in [0, 0.05) is 5.69 Å². The maximum atomic E-state index is 13.2. The third kappa shape index (κ3) is 3.74. The number of nitrogens with zero attached hydrogens (tertiary/aromatic N) is 4. The van der Waals surface area contributed by atoms with E-state index in [0.717, 1.165) is 17.0 Å². The Labute approximate surface area is 169 Å². The number of benzene rings is 1. The molecule has 1 N–H and O–H groups in total. The summed E-state index contributed by atoms with van der Waals surface area (Å²) in [5, 5.41) is 7.32. The molecular formula is C21H25N5O3. The summed E-state index contributed by atoms with van der Waals surface area (Å²) in [6.07, 6.45) is 1.41. The summed E-state index contributed by atoms with van der Waals surface area (Å²) in [5.41, 5.74) is 2.18. The maximum Gasteiger partial charge on any atom is 0.270 e. The highest BCUT2D eigenvalue weighted by molar-refractivity contribution is 5.93. The minimum absolute atomic E-state index is 0.166. The fourth-order valence-electron chi connectivity index (χ4n) is 3.39. The third-order valence-corrected chi connectivity index (χ3v) is 4.97. The molecule has 0 bridgehead atoms. The van der Waals surface area contributed by atoms with Gasteiger partial charge >= 0.3 is 0 Å². The zero-order valence-electron chi connectivity index (χ0n) is 17.0. The lowest BCUT2D eigenvalue weighted by molar-refractivity contribution is 0.0917. The molecule has 1 aliphatic rings. The topological polar surface area (TPSA) is 90.6 Å². The van der Waals surface area contributed by atoms with E-state index >= 15 is 0 Å². The number of carbonyl (C=O) groups is 1. The largest absolute Gasteiger partial charge is 0.486 e. The fourth-order valence-corrected chi connectivity index (χ4v) is 3.39. The lowest BCUT2D eigenvalue weighted by Gasteiger charge is -2.25. The number of ether oxygens (including phenoxy) is 2. The van der Waals surface area contributed by atoms with Gasteiger partial charge in [-0.1, -0.05) is 33.8 Å². The molecular weight excluding hydrogens is 370 g/mol. The van der Waals surface area contributed by atoms with E-state index in [2.05, 4.69) is 34.2 Å². The van der Waals surface area contributed by atoms with Crippen molar-refractivity contribution in [3.63, 3.8) is 0 Å². The van der Waals surface area contributed by atoms with Gasteiger partial charge in [0.05, 0.1) is 6.04 Å². The summed E-state index contributed by atoms with van der Waals surface area (Å²) in [4.78, 5) is 21.9.